The highest BCUT2D eigenvalue weighted by Crippen LogP contribution is 2.48. The number of thiol groups is 1. The lowest BCUT2D eigenvalue weighted by Gasteiger charge is -2.13. The minimum Gasteiger partial charge on any atom is -0.250 e. The first-order chi connectivity index (χ1) is 8.72. The van der Waals surface area contributed by atoms with Gasteiger partial charge in [0.2, 0.25) is 0 Å². The van der Waals surface area contributed by atoms with Gasteiger partial charge in [0, 0.05) is 21.2 Å². The van der Waals surface area contributed by atoms with E-state index in [0.717, 1.165) is 21.4 Å². The zero-order valence-corrected chi connectivity index (χ0v) is 11.1. The Morgan fingerprint density at radius 2 is 1.89 bits per heavy atom. The molecule has 0 aliphatic carbocycles. The maximum absolute atomic E-state index is 13.3. The van der Waals surface area contributed by atoms with Crippen LogP contribution in [0.1, 0.15) is 5.56 Å². The third kappa shape index (κ3) is 2.28. The van der Waals surface area contributed by atoms with E-state index < -0.39 is 10.9 Å². The van der Waals surface area contributed by atoms with E-state index >= 15 is 0 Å². The molecule has 18 heavy (non-hydrogen) atoms. The molecule has 1 aliphatic heterocycles. The molecule has 1 aliphatic rings. The molecule has 3 rings (SSSR count). The quantitative estimate of drug-likeness (QED) is 0.764. The Hall–Kier alpha value is -1.32. The van der Waals surface area contributed by atoms with Gasteiger partial charge in [-0.3, -0.25) is 4.99 Å². The summed E-state index contributed by atoms with van der Waals surface area (Å²) in [6.07, 6.45) is 0. The lowest BCUT2D eigenvalue weighted by atomic mass is 10.2. The molecule has 1 unspecified atom stereocenters. The van der Waals surface area contributed by atoms with Gasteiger partial charge in [0.15, 0.2) is 0 Å². The van der Waals surface area contributed by atoms with Crippen LogP contribution in [0, 0.1) is 5.82 Å². The summed E-state index contributed by atoms with van der Waals surface area (Å²) in [6.45, 7) is 0. The molecule has 0 N–H and O–H groups in total. The van der Waals surface area contributed by atoms with E-state index in [-0.39, 0.29) is 5.82 Å². The molecule has 2 aromatic rings. The van der Waals surface area contributed by atoms with Gasteiger partial charge in [-0.25, -0.2) is 4.39 Å². The van der Waals surface area contributed by atoms with Crippen LogP contribution in [0.3, 0.4) is 0 Å². The molecular formula is C14H11ClFNS. The van der Waals surface area contributed by atoms with Crippen molar-refractivity contribution in [1.82, 2.24) is 0 Å². The fourth-order valence-electron chi connectivity index (χ4n) is 1.94. The van der Waals surface area contributed by atoms with Crippen molar-refractivity contribution in [2.75, 3.05) is 0 Å². The number of hydrogen-bond donors (Lipinski definition) is 1. The molecular weight excluding hydrogens is 269 g/mol. The van der Waals surface area contributed by atoms with Crippen LogP contribution in [0.4, 0.5) is 10.1 Å². The number of nitrogens with zero attached hydrogens (tertiary/aromatic N) is 1. The van der Waals surface area contributed by atoms with Crippen LogP contribution in [0.15, 0.2) is 52.4 Å². The van der Waals surface area contributed by atoms with Crippen molar-refractivity contribution in [2.45, 2.75) is 10.6 Å². The Morgan fingerprint density at radius 3 is 2.67 bits per heavy atom. The van der Waals surface area contributed by atoms with E-state index in [1.807, 2.05) is 29.8 Å². The van der Waals surface area contributed by atoms with Gasteiger partial charge in [-0.05, 0) is 35.9 Å². The lowest BCUT2D eigenvalue weighted by Crippen LogP contribution is -1.88. The number of fused-ring (bicyclic) bond motifs is 1. The molecule has 0 spiro atoms. The van der Waals surface area contributed by atoms with Crippen molar-refractivity contribution in [2.24, 2.45) is 4.99 Å². The lowest BCUT2D eigenvalue weighted by molar-refractivity contribution is 0.624. The van der Waals surface area contributed by atoms with Gasteiger partial charge in [0.1, 0.15) is 5.82 Å². The molecule has 0 radical (unpaired) electrons. The van der Waals surface area contributed by atoms with Crippen LogP contribution in [0.25, 0.3) is 0 Å². The second kappa shape index (κ2) is 4.75. The Morgan fingerprint density at radius 1 is 1.11 bits per heavy atom. The van der Waals surface area contributed by atoms with Crippen molar-refractivity contribution >= 4 is 33.7 Å². The van der Waals surface area contributed by atoms with Gasteiger partial charge >= 0.3 is 0 Å². The topological polar surface area (TPSA) is 12.4 Å². The molecule has 1 heterocycles. The summed E-state index contributed by atoms with van der Waals surface area (Å²) in [5.41, 5.74) is 4.05. The number of hydrogen-bond acceptors (Lipinski definition) is 1. The summed E-state index contributed by atoms with van der Waals surface area (Å²) in [4.78, 5) is 5.37. The molecule has 0 aromatic heterocycles. The monoisotopic (exact) mass is 279 g/mol. The van der Waals surface area contributed by atoms with Gasteiger partial charge in [0.25, 0.3) is 0 Å². The predicted molar refractivity (Wildman–Crippen MR) is 77.0 cm³/mol. The smallest absolute Gasteiger partial charge is 0.124 e. The first-order valence-corrected chi connectivity index (χ1v) is 7.54. The number of benzene rings is 2. The Bertz CT molecular complexity index is 610. The average Bonchev–Trinajstić information content (AvgIpc) is 2.75. The Balaban J connectivity index is 1.86. The third-order valence-corrected chi connectivity index (χ3v) is 5.18. The van der Waals surface area contributed by atoms with Gasteiger partial charge in [-0.15, -0.1) is 0 Å². The number of aliphatic imine (C=N–C) groups is 1. The van der Waals surface area contributed by atoms with Crippen LogP contribution >= 0.6 is 22.5 Å². The van der Waals surface area contributed by atoms with E-state index in [9.17, 15) is 4.39 Å². The Kier molecular flexibility index (Phi) is 3.10. The van der Waals surface area contributed by atoms with E-state index in [4.69, 9.17) is 11.6 Å². The largest absolute Gasteiger partial charge is 0.250 e. The van der Waals surface area contributed by atoms with E-state index in [0.29, 0.717) is 0 Å². The SMILES string of the molecule is Fc1ccc2c(c1)[SH](Cc1ccc(Cl)cc1)C=N2. The molecule has 92 valence electrons. The van der Waals surface area contributed by atoms with Crippen molar-refractivity contribution in [3.63, 3.8) is 0 Å². The molecule has 1 nitrogen and oxygen atoms in total. The molecule has 0 fully saturated rings. The fourth-order valence-corrected chi connectivity index (χ4v) is 4.03. The fraction of sp³-hybridized carbons (Fsp3) is 0.0714. The zero-order chi connectivity index (χ0) is 12.5. The highest BCUT2D eigenvalue weighted by atomic mass is 35.5. The van der Waals surface area contributed by atoms with E-state index in [2.05, 4.69) is 4.99 Å². The maximum atomic E-state index is 13.3. The minimum absolute atomic E-state index is 0.192. The van der Waals surface area contributed by atoms with Crippen LogP contribution in [0.2, 0.25) is 5.02 Å². The van der Waals surface area contributed by atoms with Gasteiger partial charge in [-0.2, -0.15) is 10.9 Å². The van der Waals surface area contributed by atoms with Crippen LogP contribution < -0.4 is 0 Å². The van der Waals surface area contributed by atoms with Crippen LogP contribution in [-0.4, -0.2) is 5.55 Å². The summed E-state index contributed by atoms with van der Waals surface area (Å²) in [7, 11) is -0.538. The number of halogens is 2. The van der Waals surface area contributed by atoms with Gasteiger partial charge in [-0.1, -0.05) is 23.7 Å². The second-order valence-corrected chi connectivity index (χ2v) is 6.54. The van der Waals surface area contributed by atoms with Crippen molar-refractivity contribution in [1.29, 1.82) is 0 Å². The maximum Gasteiger partial charge on any atom is 0.124 e. The normalized spacial score (nSPS) is 18.9. The predicted octanol–water partition coefficient (Wildman–Crippen LogP) is 4.71. The minimum atomic E-state index is -0.538. The molecule has 0 bridgehead atoms. The third-order valence-electron chi connectivity index (χ3n) is 2.85. The van der Waals surface area contributed by atoms with E-state index in [1.165, 1.54) is 11.6 Å². The highest BCUT2D eigenvalue weighted by molar-refractivity contribution is 8.28. The summed E-state index contributed by atoms with van der Waals surface area (Å²) >= 11 is 5.86. The summed E-state index contributed by atoms with van der Waals surface area (Å²) in [5.74, 6) is 0.690. The standard InChI is InChI=1S/C14H11ClFNS/c15-11-3-1-10(2-4-11)8-18-9-17-13-6-5-12(16)7-14(13)18/h1-7,9,18H,8H2. The molecule has 0 saturated heterocycles. The average molecular weight is 280 g/mol. The molecule has 0 saturated carbocycles. The second-order valence-electron chi connectivity index (χ2n) is 4.13. The van der Waals surface area contributed by atoms with Crippen molar-refractivity contribution in [3.05, 3.63) is 58.9 Å². The molecule has 4 heteroatoms. The molecule has 1 atom stereocenters. The summed E-state index contributed by atoms with van der Waals surface area (Å²) in [6, 6.07) is 12.6. The zero-order valence-electron chi connectivity index (χ0n) is 9.48. The first-order valence-electron chi connectivity index (χ1n) is 5.57. The molecule has 0 amide bonds. The number of rotatable bonds is 2. The van der Waals surface area contributed by atoms with E-state index in [1.54, 1.807) is 12.1 Å². The highest BCUT2D eigenvalue weighted by Gasteiger charge is 2.16. The summed E-state index contributed by atoms with van der Waals surface area (Å²) < 4.78 is 13.3. The van der Waals surface area contributed by atoms with Crippen LogP contribution in [-0.2, 0) is 5.75 Å². The van der Waals surface area contributed by atoms with Crippen molar-refractivity contribution in [3.8, 4) is 0 Å². The van der Waals surface area contributed by atoms with Gasteiger partial charge < -0.3 is 0 Å². The van der Waals surface area contributed by atoms with Crippen LogP contribution in [0.5, 0.6) is 0 Å². The molecule has 2 aromatic carbocycles. The van der Waals surface area contributed by atoms with Crippen molar-refractivity contribution < 1.29 is 4.39 Å². The first kappa shape index (κ1) is 11.8. The van der Waals surface area contributed by atoms with Gasteiger partial charge in [0.05, 0.1) is 5.69 Å². The summed E-state index contributed by atoms with van der Waals surface area (Å²) in [5, 5.41) is 0.734. The Labute approximate surface area is 113 Å².